The summed E-state index contributed by atoms with van der Waals surface area (Å²) in [6, 6.07) is 4.81. The molecule has 1 aromatic heterocycles. The van der Waals surface area contributed by atoms with Crippen LogP contribution in [0.2, 0.25) is 0 Å². The molecule has 18 heavy (non-hydrogen) atoms. The minimum Gasteiger partial charge on any atom is -0.496 e. The van der Waals surface area contributed by atoms with Gasteiger partial charge in [-0.15, -0.1) is 0 Å². The Hall–Kier alpha value is -2.57. The molecule has 0 atom stereocenters. The number of nitrogens with one attached hydrogen (secondary N) is 1. The normalized spacial score (nSPS) is 10.1. The predicted octanol–water partition coefficient (Wildman–Crippen LogP) is 0.590. The van der Waals surface area contributed by atoms with E-state index in [1.807, 2.05) is 0 Å². The van der Waals surface area contributed by atoms with Crippen molar-refractivity contribution in [2.45, 2.75) is 6.54 Å². The molecule has 0 saturated heterocycles. The van der Waals surface area contributed by atoms with Crippen LogP contribution in [-0.2, 0) is 6.54 Å². The van der Waals surface area contributed by atoms with Gasteiger partial charge in [0.05, 0.1) is 19.2 Å². The van der Waals surface area contributed by atoms with Crippen LogP contribution < -0.4 is 15.8 Å². The Bertz CT molecular complexity index is 539. The molecule has 1 heterocycles. The van der Waals surface area contributed by atoms with Gasteiger partial charge in [0.1, 0.15) is 5.75 Å². The standard InChI is InChI=1S/C11H12N4O3/c1-17-9-4-7(12)2-3-8(9)11(16)13-5-10-14-6-18-15-10/h2-4,6H,5,12H2,1H3,(H,13,16). The number of hydrogen-bond donors (Lipinski definition) is 2. The van der Waals surface area contributed by atoms with Gasteiger partial charge in [-0.2, -0.15) is 4.98 Å². The summed E-state index contributed by atoms with van der Waals surface area (Å²) in [5.74, 6) is 0.523. The van der Waals surface area contributed by atoms with Crippen LogP contribution in [0.15, 0.2) is 29.1 Å². The average molecular weight is 248 g/mol. The lowest BCUT2D eigenvalue weighted by atomic mass is 10.1. The lowest BCUT2D eigenvalue weighted by Crippen LogP contribution is -2.24. The smallest absolute Gasteiger partial charge is 0.255 e. The number of nitrogens with two attached hydrogens (primary N) is 1. The number of carbonyl (C=O) groups excluding carboxylic acids is 1. The minimum absolute atomic E-state index is 0.183. The summed E-state index contributed by atoms with van der Waals surface area (Å²) in [6.45, 7) is 0.183. The number of anilines is 1. The first-order valence-electron chi connectivity index (χ1n) is 5.17. The van der Waals surface area contributed by atoms with Crippen molar-refractivity contribution in [2.24, 2.45) is 0 Å². The minimum atomic E-state index is -0.295. The fourth-order valence-electron chi connectivity index (χ4n) is 1.42. The summed E-state index contributed by atoms with van der Waals surface area (Å²) < 4.78 is 9.65. The van der Waals surface area contributed by atoms with E-state index < -0.39 is 0 Å². The number of hydrogen-bond acceptors (Lipinski definition) is 6. The van der Waals surface area contributed by atoms with Crippen molar-refractivity contribution in [1.82, 2.24) is 15.5 Å². The van der Waals surface area contributed by atoms with E-state index in [9.17, 15) is 4.79 Å². The molecule has 0 aliphatic rings. The van der Waals surface area contributed by atoms with Gasteiger partial charge in [0.2, 0.25) is 6.39 Å². The molecule has 0 spiro atoms. The fraction of sp³-hybridized carbons (Fsp3) is 0.182. The highest BCUT2D eigenvalue weighted by Crippen LogP contribution is 2.21. The van der Waals surface area contributed by atoms with Gasteiger partial charge >= 0.3 is 0 Å². The van der Waals surface area contributed by atoms with E-state index in [1.54, 1.807) is 18.2 Å². The third-order valence-corrected chi connectivity index (χ3v) is 2.28. The molecule has 0 fully saturated rings. The predicted molar refractivity (Wildman–Crippen MR) is 62.9 cm³/mol. The van der Waals surface area contributed by atoms with Gasteiger partial charge in [-0.1, -0.05) is 5.16 Å². The maximum Gasteiger partial charge on any atom is 0.255 e. The van der Waals surface area contributed by atoms with Crippen LogP contribution in [0.1, 0.15) is 16.2 Å². The summed E-state index contributed by atoms with van der Waals surface area (Å²) in [4.78, 5) is 15.7. The summed E-state index contributed by atoms with van der Waals surface area (Å²) in [5, 5.41) is 6.24. The van der Waals surface area contributed by atoms with Crippen molar-refractivity contribution in [2.75, 3.05) is 12.8 Å². The second kappa shape index (κ2) is 5.17. The van der Waals surface area contributed by atoms with Crippen molar-refractivity contribution >= 4 is 11.6 Å². The molecule has 0 aliphatic carbocycles. The molecule has 3 N–H and O–H groups in total. The molecule has 2 rings (SSSR count). The molecular weight excluding hydrogens is 236 g/mol. The Labute approximate surface area is 103 Å². The molecule has 1 aromatic carbocycles. The Morgan fingerprint density at radius 2 is 2.39 bits per heavy atom. The maximum atomic E-state index is 11.9. The number of nitrogen functional groups attached to an aromatic ring is 1. The van der Waals surface area contributed by atoms with E-state index in [-0.39, 0.29) is 12.5 Å². The van der Waals surface area contributed by atoms with Gasteiger partial charge in [-0.3, -0.25) is 4.79 Å². The molecule has 1 amide bonds. The lowest BCUT2D eigenvalue weighted by Gasteiger charge is -2.08. The Kier molecular flexibility index (Phi) is 3.42. The average Bonchev–Trinajstić information content (AvgIpc) is 2.88. The van der Waals surface area contributed by atoms with E-state index in [4.69, 9.17) is 10.5 Å². The van der Waals surface area contributed by atoms with Crippen LogP contribution >= 0.6 is 0 Å². The number of methoxy groups -OCH3 is 1. The zero-order valence-electron chi connectivity index (χ0n) is 9.71. The van der Waals surface area contributed by atoms with Crippen LogP contribution in [-0.4, -0.2) is 23.2 Å². The van der Waals surface area contributed by atoms with Crippen LogP contribution in [0.3, 0.4) is 0 Å². The first kappa shape index (κ1) is 11.9. The summed E-state index contributed by atoms with van der Waals surface area (Å²) in [5.41, 5.74) is 6.54. The number of carbonyl (C=O) groups is 1. The quantitative estimate of drug-likeness (QED) is 0.767. The van der Waals surface area contributed by atoms with Crippen LogP contribution in [0.4, 0.5) is 5.69 Å². The second-order valence-electron chi connectivity index (χ2n) is 3.49. The number of ether oxygens (including phenoxy) is 1. The molecule has 0 bridgehead atoms. The molecule has 7 nitrogen and oxygen atoms in total. The molecule has 0 saturated carbocycles. The monoisotopic (exact) mass is 248 g/mol. The summed E-state index contributed by atoms with van der Waals surface area (Å²) >= 11 is 0. The molecule has 0 aliphatic heterocycles. The maximum absolute atomic E-state index is 11.9. The third kappa shape index (κ3) is 2.57. The van der Waals surface area contributed by atoms with E-state index >= 15 is 0 Å². The number of amides is 1. The molecule has 7 heteroatoms. The highest BCUT2D eigenvalue weighted by molar-refractivity contribution is 5.97. The lowest BCUT2D eigenvalue weighted by molar-refractivity contribution is 0.0946. The topological polar surface area (TPSA) is 103 Å². The van der Waals surface area contributed by atoms with Gasteiger partial charge in [0.25, 0.3) is 5.91 Å². The van der Waals surface area contributed by atoms with Crippen molar-refractivity contribution in [3.05, 3.63) is 36.0 Å². The Morgan fingerprint density at radius 1 is 1.56 bits per heavy atom. The van der Waals surface area contributed by atoms with E-state index in [0.717, 1.165) is 0 Å². The van der Waals surface area contributed by atoms with E-state index in [2.05, 4.69) is 20.0 Å². The fourth-order valence-corrected chi connectivity index (χ4v) is 1.42. The highest BCUT2D eigenvalue weighted by atomic mass is 16.5. The highest BCUT2D eigenvalue weighted by Gasteiger charge is 2.12. The van der Waals surface area contributed by atoms with Crippen molar-refractivity contribution in [1.29, 1.82) is 0 Å². The van der Waals surface area contributed by atoms with Gasteiger partial charge < -0.3 is 20.3 Å². The van der Waals surface area contributed by atoms with E-state index in [1.165, 1.54) is 13.5 Å². The first-order valence-corrected chi connectivity index (χ1v) is 5.17. The number of nitrogens with zero attached hydrogens (tertiary/aromatic N) is 2. The zero-order valence-corrected chi connectivity index (χ0v) is 9.71. The van der Waals surface area contributed by atoms with Gasteiger partial charge in [0, 0.05) is 11.8 Å². The first-order chi connectivity index (χ1) is 8.70. The molecular formula is C11H12N4O3. The van der Waals surface area contributed by atoms with E-state index in [0.29, 0.717) is 22.8 Å². The number of aromatic nitrogens is 2. The number of rotatable bonds is 4. The van der Waals surface area contributed by atoms with Gasteiger partial charge in [-0.05, 0) is 12.1 Å². The van der Waals surface area contributed by atoms with Crippen molar-refractivity contribution in [3.8, 4) is 5.75 Å². The van der Waals surface area contributed by atoms with Crippen LogP contribution in [0.25, 0.3) is 0 Å². The zero-order chi connectivity index (χ0) is 13.0. The van der Waals surface area contributed by atoms with Gasteiger partial charge in [-0.25, -0.2) is 0 Å². The molecule has 0 radical (unpaired) electrons. The van der Waals surface area contributed by atoms with Crippen molar-refractivity contribution in [3.63, 3.8) is 0 Å². The van der Waals surface area contributed by atoms with Gasteiger partial charge in [0.15, 0.2) is 5.82 Å². The molecule has 94 valence electrons. The third-order valence-electron chi connectivity index (χ3n) is 2.28. The molecule has 0 unspecified atom stereocenters. The van der Waals surface area contributed by atoms with Crippen LogP contribution in [0, 0.1) is 0 Å². The Morgan fingerprint density at radius 3 is 3.06 bits per heavy atom. The SMILES string of the molecule is COc1cc(N)ccc1C(=O)NCc1ncon1. The van der Waals surface area contributed by atoms with Crippen LogP contribution in [0.5, 0.6) is 5.75 Å². The number of benzene rings is 1. The summed E-state index contributed by atoms with van der Waals surface area (Å²) in [6.07, 6.45) is 1.20. The summed E-state index contributed by atoms with van der Waals surface area (Å²) in [7, 11) is 1.48. The Balaban J connectivity index is 2.09. The van der Waals surface area contributed by atoms with Crippen molar-refractivity contribution < 1.29 is 14.1 Å². The second-order valence-corrected chi connectivity index (χ2v) is 3.49. The largest absolute Gasteiger partial charge is 0.496 e. The molecule has 2 aromatic rings.